The van der Waals surface area contributed by atoms with Crippen molar-refractivity contribution >= 4 is 28.9 Å². The summed E-state index contributed by atoms with van der Waals surface area (Å²) in [7, 11) is 0. The lowest BCUT2D eigenvalue weighted by atomic mass is 10.1. The van der Waals surface area contributed by atoms with E-state index in [1.165, 1.54) is 6.92 Å². The number of carboxylic acids is 1. The topological polar surface area (TPSA) is 70.4 Å². The van der Waals surface area contributed by atoms with E-state index in [1.54, 1.807) is 5.38 Å². The van der Waals surface area contributed by atoms with Crippen LogP contribution in [0.25, 0.3) is 0 Å². The first-order valence-electron chi connectivity index (χ1n) is 3.54. The molecule has 0 spiro atoms. The van der Waals surface area contributed by atoms with Gasteiger partial charge in [0.1, 0.15) is 16.3 Å². The van der Waals surface area contributed by atoms with E-state index in [0.717, 1.165) is 11.3 Å². The van der Waals surface area contributed by atoms with E-state index in [-0.39, 0.29) is 5.15 Å². The number of thiazole rings is 1. The van der Waals surface area contributed by atoms with Crippen LogP contribution in [0.1, 0.15) is 18.0 Å². The third-order valence-corrected chi connectivity index (χ3v) is 2.85. The number of aliphatic hydroxyl groups excluding tert-OH is 1. The zero-order valence-corrected chi connectivity index (χ0v) is 8.34. The second-order valence-corrected chi connectivity index (χ2v) is 3.86. The molecule has 2 unspecified atom stereocenters. The van der Waals surface area contributed by atoms with E-state index in [9.17, 15) is 9.90 Å². The Balaban J connectivity index is 2.78. The molecule has 0 aromatic carbocycles. The molecule has 13 heavy (non-hydrogen) atoms. The Morgan fingerprint density at radius 1 is 1.77 bits per heavy atom. The van der Waals surface area contributed by atoms with Crippen LogP contribution in [0.5, 0.6) is 0 Å². The van der Waals surface area contributed by atoms with E-state index in [4.69, 9.17) is 16.7 Å². The van der Waals surface area contributed by atoms with Gasteiger partial charge in [0, 0.05) is 5.38 Å². The molecule has 0 aliphatic heterocycles. The van der Waals surface area contributed by atoms with Crippen molar-refractivity contribution in [1.29, 1.82) is 0 Å². The number of rotatable bonds is 3. The molecule has 0 bridgehead atoms. The first-order chi connectivity index (χ1) is 6.02. The molecular formula is C7H8ClNO3S. The van der Waals surface area contributed by atoms with Gasteiger partial charge in [0.05, 0.1) is 5.92 Å². The number of aliphatic carboxylic acids is 1. The second kappa shape index (κ2) is 4.04. The molecule has 6 heteroatoms. The molecular weight excluding hydrogens is 214 g/mol. The predicted octanol–water partition coefficient (Wildman–Crippen LogP) is 1.55. The van der Waals surface area contributed by atoms with Gasteiger partial charge in [-0.25, -0.2) is 4.98 Å². The Kier molecular flexibility index (Phi) is 3.24. The molecule has 4 nitrogen and oxygen atoms in total. The lowest BCUT2D eigenvalue weighted by molar-refractivity contribution is -0.145. The SMILES string of the molecule is CC(C(=O)O)C(O)c1nc(Cl)cs1. The summed E-state index contributed by atoms with van der Waals surface area (Å²) in [5.41, 5.74) is 0. The number of hydrogen-bond acceptors (Lipinski definition) is 4. The smallest absolute Gasteiger partial charge is 0.309 e. The molecule has 0 aliphatic carbocycles. The fraction of sp³-hybridized carbons (Fsp3) is 0.429. The normalized spacial score (nSPS) is 15.3. The van der Waals surface area contributed by atoms with E-state index >= 15 is 0 Å². The molecule has 2 atom stereocenters. The lowest BCUT2D eigenvalue weighted by Gasteiger charge is -2.11. The average Bonchev–Trinajstić information content (AvgIpc) is 2.49. The highest BCUT2D eigenvalue weighted by atomic mass is 35.5. The van der Waals surface area contributed by atoms with Crippen molar-refractivity contribution in [3.05, 3.63) is 15.5 Å². The van der Waals surface area contributed by atoms with E-state index < -0.39 is 18.0 Å². The maximum atomic E-state index is 10.5. The zero-order valence-electron chi connectivity index (χ0n) is 6.77. The number of hydrogen-bond donors (Lipinski definition) is 2. The zero-order chi connectivity index (χ0) is 10.0. The molecule has 0 fully saturated rings. The molecule has 2 N–H and O–H groups in total. The maximum absolute atomic E-state index is 10.5. The van der Waals surface area contributed by atoms with Crippen molar-refractivity contribution in [2.75, 3.05) is 0 Å². The second-order valence-electron chi connectivity index (χ2n) is 2.58. The van der Waals surface area contributed by atoms with Gasteiger partial charge in [0.15, 0.2) is 0 Å². The van der Waals surface area contributed by atoms with Crippen LogP contribution in [0.3, 0.4) is 0 Å². The van der Waals surface area contributed by atoms with E-state index in [1.807, 2.05) is 0 Å². The Morgan fingerprint density at radius 2 is 2.38 bits per heavy atom. The minimum Gasteiger partial charge on any atom is -0.481 e. The first-order valence-corrected chi connectivity index (χ1v) is 4.80. The first kappa shape index (κ1) is 10.4. The van der Waals surface area contributed by atoms with Gasteiger partial charge in [-0.05, 0) is 6.92 Å². The summed E-state index contributed by atoms with van der Waals surface area (Å²) in [5, 5.41) is 20.2. The van der Waals surface area contributed by atoms with Crippen molar-refractivity contribution in [3.63, 3.8) is 0 Å². The summed E-state index contributed by atoms with van der Waals surface area (Å²) in [6.45, 7) is 1.42. The van der Waals surface area contributed by atoms with Crippen LogP contribution in [0.2, 0.25) is 5.15 Å². The van der Waals surface area contributed by atoms with Crippen LogP contribution in [-0.4, -0.2) is 21.2 Å². The summed E-state index contributed by atoms with van der Waals surface area (Å²) < 4.78 is 0. The van der Waals surface area contributed by atoms with Gasteiger partial charge in [-0.3, -0.25) is 4.79 Å². The molecule has 0 saturated heterocycles. The Bertz CT molecular complexity index is 314. The Hall–Kier alpha value is -0.650. The summed E-state index contributed by atoms with van der Waals surface area (Å²) in [4.78, 5) is 14.3. The number of aromatic nitrogens is 1. The van der Waals surface area contributed by atoms with Crippen molar-refractivity contribution in [2.45, 2.75) is 13.0 Å². The summed E-state index contributed by atoms with van der Waals surface area (Å²) >= 11 is 6.68. The standard InChI is InChI=1S/C7H8ClNO3S/c1-3(7(11)12)5(10)6-9-4(8)2-13-6/h2-3,5,10H,1H3,(H,11,12). The van der Waals surface area contributed by atoms with Crippen LogP contribution in [-0.2, 0) is 4.79 Å². The molecule has 1 rings (SSSR count). The third-order valence-electron chi connectivity index (χ3n) is 1.61. The molecule has 0 amide bonds. The number of aliphatic hydroxyl groups is 1. The molecule has 1 heterocycles. The monoisotopic (exact) mass is 221 g/mol. The fourth-order valence-corrected chi connectivity index (χ4v) is 1.79. The minimum absolute atomic E-state index is 0.275. The van der Waals surface area contributed by atoms with Gasteiger partial charge < -0.3 is 10.2 Å². The van der Waals surface area contributed by atoms with Crippen LogP contribution < -0.4 is 0 Å². The highest BCUT2D eigenvalue weighted by Crippen LogP contribution is 2.26. The van der Waals surface area contributed by atoms with Crippen LogP contribution in [0.15, 0.2) is 5.38 Å². The fourth-order valence-electron chi connectivity index (χ4n) is 0.752. The molecule has 1 aromatic heterocycles. The molecule has 72 valence electrons. The van der Waals surface area contributed by atoms with Crippen molar-refractivity contribution in [3.8, 4) is 0 Å². The third kappa shape index (κ3) is 2.40. The number of carboxylic acid groups (broad SMARTS) is 1. The highest BCUT2D eigenvalue weighted by Gasteiger charge is 2.25. The summed E-state index contributed by atoms with van der Waals surface area (Å²) in [6.07, 6.45) is -1.09. The van der Waals surface area contributed by atoms with E-state index in [2.05, 4.69) is 4.98 Å². The predicted molar refractivity (Wildman–Crippen MR) is 48.9 cm³/mol. The van der Waals surface area contributed by atoms with Crippen LogP contribution in [0.4, 0.5) is 0 Å². The van der Waals surface area contributed by atoms with Crippen LogP contribution in [0, 0.1) is 5.92 Å². The van der Waals surface area contributed by atoms with Crippen LogP contribution >= 0.6 is 22.9 Å². The minimum atomic E-state index is -1.09. The van der Waals surface area contributed by atoms with Gasteiger partial charge in [-0.1, -0.05) is 11.6 Å². The average molecular weight is 222 g/mol. The molecule has 1 aromatic rings. The van der Waals surface area contributed by atoms with Gasteiger partial charge in [-0.2, -0.15) is 0 Å². The molecule has 0 aliphatic rings. The van der Waals surface area contributed by atoms with Crippen molar-refractivity contribution in [2.24, 2.45) is 5.92 Å². The van der Waals surface area contributed by atoms with Gasteiger partial charge in [0.25, 0.3) is 0 Å². The molecule has 0 saturated carbocycles. The quantitative estimate of drug-likeness (QED) is 0.813. The summed E-state index contributed by atoms with van der Waals surface area (Å²) in [5.74, 6) is -1.93. The van der Waals surface area contributed by atoms with E-state index in [0.29, 0.717) is 5.01 Å². The molecule has 0 radical (unpaired) electrons. The Labute approximate surface area is 83.8 Å². The highest BCUT2D eigenvalue weighted by molar-refractivity contribution is 7.10. The number of halogens is 1. The number of nitrogens with zero attached hydrogens (tertiary/aromatic N) is 1. The van der Waals surface area contributed by atoms with Gasteiger partial charge >= 0.3 is 5.97 Å². The van der Waals surface area contributed by atoms with Gasteiger partial charge in [0.2, 0.25) is 0 Å². The lowest BCUT2D eigenvalue weighted by Crippen LogP contribution is -2.18. The van der Waals surface area contributed by atoms with Crippen molar-refractivity contribution < 1.29 is 15.0 Å². The number of carbonyl (C=O) groups is 1. The maximum Gasteiger partial charge on any atom is 0.309 e. The van der Waals surface area contributed by atoms with Gasteiger partial charge in [-0.15, -0.1) is 11.3 Å². The van der Waals surface area contributed by atoms with Crippen molar-refractivity contribution in [1.82, 2.24) is 4.98 Å². The largest absolute Gasteiger partial charge is 0.481 e. The Morgan fingerprint density at radius 3 is 2.77 bits per heavy atom. The summed E-state index contributed by atoms with van der Waals surface area (Å²) in [6, 6.07) is 0.